The van der Waals surface area contributed by atoms with Crippen LogP contribution in [0.3, 0.4) is 0 Å². The number of ether oxygens (including phenoxy) is 2. The first-order valence-corrected chi connectivity index (χ1v) is 10.3. The first-order valence-electron chi connectivity index (χ1n) is 10.3. The highest BCUT2D eigenvalue weighted by atomic mass is 16.5. The molecule has 0 saturated carbocycles. The summed E-state index contributed by atoms with van der Waals surface area (Å²) in [5.74, 6) is 0.904. The van der Waals surface area contributed by atoms with E-state index in [0.29, 0.717) is 0 Å². The third-order valence-corrected chi connectivity index (χ3v) is 5.41. The highest BCUT2D eigenvalue weighted by Gasteiger charge is 2.23. The van der Waals surface area contributed by atoms with E-state index >= 15 is 0 Å². The van der Waals surface area contributed by atoms with Gasteiger partial charge in [0.15, 0.2) is 0 Å². The molecule has 0 radical (unpaired) electrons. The Morgan fingerprint density at radius 1 is 0.966 bits per heavy atom. The molecule has 1 aliphatic rings. The Morgan fingerprint density at radius 3 is 2.59 bits per heavy atom. The molecule has 2 heterocycles. The summed E-state index contributed by atoms with van der Waals surface area (Å²) < 4.78 is 11.3. The van der Waals surface area contributed by atoms with Gasteiger partial charge >= 0.3 is 0 Å². The third-order valence-electron chi connectivity index (χ3n) is 5.41. The zero-order valence-electron chi connectivity index (χ0n) is 17.0. The van der Waals surface area contributed by atoms with Crippen molar-refractivity contribution in [3.05, 3.63) is 95.3 Å². The summed E-state index contributed by atoms with van der Waals surface area (Å²) in [5.41, 5.74) is 4.74. The Hall–Kier alpha value is -2.69. The van der Waals surface area contributed by atoms with Crippen molar-refractivity contribution in [3.63, 3.8) is 0 Å². The largest absolute Gasteiger partial charge is 0.497 e. The molecule has 1 aromatic heterocycles. The Balaban J connectivity index is 1.35. The monoisotopic (exact) mass is 388 g/mol. The maximum absolute atomic E-state index is 6.06. The van der Waals surface area contributed by atoms with Gasteiger partial charge in [-0.05, 0) is 41.8 Å². The molecule has 0 spiro atoms. The molecule has 1 fully saturated rings. The van der Waals surface area contributed by atoms with E-state index in [2.05, 4.69) is 59.5 Å². The van der Waals surface area contributed by atoms with Crippen LogP contribution in [0.15, 0.2) is 72.8 Å². The van der Waals surface area contributed by atoms with Crippen LogP contribution < -0.4 is 4.74 Å². The average molecular weight is 389 g/mol. The molecule has 2 aromatic carbocycles. The zero-order valence-corrected chi connectivity index (χ0v) is 17.0. The van der Waals surface area contributed by atoms with Crippen LogP contribution in [0.5, 0.6) is 5.75 Å². The molecule has 4 heteroatoms. The molecule has 0 bridgehead atoms. The summed E-state index contributed by atoms with van der Waals surface area (Å²) >= 11 is 0. The van der Waals surface area contributed by atoms with Gasteiger partial charge in [0, 0.05) is 31.7 Å². The molecule has 150 valence electrons. The van der Waals surface area contributed by atoms with Gasteiger partial charge in [-0.2, -0.15) is 0 Å². The minimum Gasteiger partial charge on any atom is -0.497 e. The Bertz CT molecular complexity index is 896. The van der Waals surface area contributed by atoms with Gasteiger partial charge in [0.1, 0.15) is 11.9 Å². The summed E-state index contributed by atoms with van der Waals surface area (Å²) in [6, 6.07) is 25.1. The molecular weight excluding hydrogens is 360 g/mol. The first kappa shape index (κ1) is 19.6. The van der Waals surface area contributed by atoms with Crippen molar-refractivity contribution < 1.29 is 9.47 Å². The van der Waals surface area contributed by atoms with Crippen LogP contribution in [0, 0.1) is 0 Å². The minimum atomic E-state index is 0.0374. The topological polar surface area (TPSA) is 34.6 Å². The van der Waals surface area contributed by atoms with E-state index in [1.807, 2.05) is 18.2 Å². The third kappa shape index (κ3) is 5.43. The lowest BCUT2D eigenvalue weighted by Gasteiger charge is -2.32. The predicted molar refractivity (Wildman–Crippen MR) is 115 cm³/mol. The number of pyridine rings is 1. The maximum atomic E-state index is 6.06. The molecule has 0 unspecified atom stereocenters. The van der Waals surface area contributed by atoms with Crippen molar-refractivity contribution in [3.8, 4) is 5.75 Å². The first-order chi connectivity index (χ1) is 14.3. The van der Waals surface area contributed by atoms with Gasteiger partial charge in [-0.3, -0.25) is 9.88 Å². The van der Waals surface area contributed by atoms with Crippen molar-refractivity contribution in [2.24, 2.45) is 0 Å². The molecule has 4 rings (SSSR count). The van der Waals surface area contributed by atoms with Gasteiger partial charge in [-0.25, -0.2) is 0 Å². The van der Waals surface area contributed by atoms with E-state index in [1.165, 1.54) is 11.1 Å². The van der Waals surface area contributed by atoms with Gasteiger partial charge in [0.25, 0.3) is 0 Å². The van der Waals surface area contributed by atoms with E-state index in [9.17, 15) is 0 Å². The quantitative estimate of drug-likeness (QED) is 0.605. The summed E-state index contributed by atoms with van der Waals surface area (Å²) in [4.78, 5) is 7.37. The molecule has 1 aliphatic heterocycles. The van der Waals surface area contributed by atoms with E-state index in [-0.39, 0.29) is 6.10 Å². The molecule has 0 aliphatic carbocycles. The number of methoxy groups -OCH3 is 1. The fraction of sp³-hybridized carbons (Fsp3) is 0.320. The summed E-state index contributed by atoms with van der Waals surface area (Å²) in [5, 5.41) is 0. The Morgan fingerprint density at radius 2 is 1.79 bits per heavy atom. The highest BCUT2D eigenvalue weighted by molar-refractivity contribution is 5.27. The van der Waals surface area contributed by atoms with E-state index in [4.69, 9.17) is 14.5 Å². The number of benzene rings is 2. The van der Waals surface area contributed by atoms with Gasteiger partial charge in [0.05, 0.1) is 19.4 Å². The van der Waals surface area contributed by atoms with Crippen molar-refractivity contribution in [2.75, 3.05) is 33.4 Å². The fourth-order valence-electron chi connectivity index (χ4n) is 3.74. The zero-order chi connectivity index (χ0) is 19.9. The molecule has 1 saturated heterocycles. The average Bonchev–Trinajstić information content (AvgIpc) is 2.79. The van der Waals surface area contributed by atoms with E-state index < -0.39 is 0 Å². The molecule has 3 aromatic rings. The normalized spacial score (nSPS) is 17.2. The van der Waals surface area contributed by atoms with Gasteiger partial charge in [-0.1, -0.05) is 48.5 Å². The SMILES string of the molecule is COc1ccc(CCN2CCO[C@@H](c3cccc(Cc4ccccc4)n3)C2)cc1. The molecule has 0 N–H and O–H groups in total. The Kier molecular flexibility index (Phi) is 6.55. The molecular formula is C25H28N2O2. The van der Waals surface area contributed by atoms with Crippen LogP contribution in [0.4, 0.5) is 0 Å². The van der Waals surface area contributed by atoms with Crippen LogP contribution >= 0.6 is 0 Å². The van der Waals surface area contributed by atoms with Crippen LogP contribution in [0.2, 0.25) is 0 Å². The number of nitrogens with zero attached hydrogens (tertiary/aromatic N) is 2. The second-order valence-electron chi connectivity index (χ2n) is 7.47. The second kappa shape index (κ2) is 9.68. The Labute approximate surface area is 173 Å². The van der Waals surface area contributed by atoms with Crippen molar-refractivity contribution in [2.45, 2.75) is 18.9 Å². The molecule has 0 amide bonds. The molecule has 1 atom stereocenters. The lowest BCUT2D eigenvalue weighted by atomic mass is 10.1. The van der Waals surface area contributed by atoms with Crippen LogP contribution in [-0.4, -0.2) is 43.2 Å². The van der Waals surface area contributed by atoms with Crippen LogP contribution in [-0.2, 0) is 17.6 Å². The lowest BCUT2D eigenvalue weighted by molar-refractivity contribution is -0.0317. The number of hydrogen-bond acceptors (Lipinski definition) is 4. The summed E-state index contributed by atoms with van der Waals surface area (Å²) in [6.45, 7) is 3.63. The number of rotatable bonds is 7. The second-order valence-corrected chi connectivity index (χ2v) is 7.47. The molecule has 29 heavy (non-hydrogen) atoms. The summed E-state index contributed by atoms with van der Waals surface area (Å²) in [7, 11) is 1.70. The van der Waals surface area contributed by atoms with Crippen molar-refractivity contribution in [1.82, 2.24) is 9.88 Å². The van der Waals surface area contributed by atoms with E-state index in [0.717, 1.165) is 56.2 Å². The smallest absolute Gasteiger partial charge is 0.118 e. The minimum absolute atomic E-state index is 0.0374. The van der Waals surface area contributed by atoms with Gasteiger partial charge in [0.2, 0.25) is 0 Å². The standard InChI is InChI=1S/C25H28N2O2/c1-28-23-12-10-20(11-13-23)14-15-27-16-17-29-25(19-27)24-9-5-8-22(26-24)18-21-6-3-2-4-7-21/h2-13,25H,14-19H2,1H3/t25-/m1/s1. The lowest BCUT2D eigenvalue weighted by Crippen LogP contribution is -2.39. The van der Waals surface area contributed by atoms with Crippen LogP contribution in [0.25, 0.3) is 0 Å². The number of hydrogen-bond donors (Lipinski definition) is 0. The predicted octanol–water partition coefficient (Wildman–Crippen LogP) is 4.30. The van der Waals surface area contributed by atoms with E-state index in [1.54, 1.807) is 7.11 Å². The van der Waals surface area contributed by atoms with Crippen molar-refractivity contribution >= 4 is 0 Å². The molecule has 4 nitrogen and oxygen atoms in total. The summed E-state index contributed by atoms with van der Waals surface area (Å²) in [6.07, 6.45) is 1.91. The number of aromatic nitrogens is 1. The van der Waals surface area contributed by atoms with Gasteiger partial charge in [-0.15, -0.1) is 0 Å². The fourth-order valence-corrected chi connectivity index (χ4v) is 3.74. The van der Waals surface area contributed by atoms with Crippen LogP contribution in [0.1, 0.15) is 28.6 Å². The maximum Gasteiger partial charge on any atom is 0.118 e. The highest BCUT2D eigenvalue weighted by Crippen LogP contribution is 2.22. The van der Waals surface area contributed by atoms with Crippen molar-refractivity contribution in [1.29, 1.82) is 0 Å². The number of morpholine rings is 1. The van der Waals surface area contributed by atoms with Gasteiger partial charge < -0.3 is 9.47 Å².